The van der Waals surface area contributed by atoms with E-state index in [1.54, 1.807) is 26.2 Å². The molecule has 1 fully saturated rings. The third-order valence-electron chi connectivity index (χ3n) is 5.16. The molecular formula is C20H23N5O3S. The minimum absolute atomic E-state index is 0.194. The highest BCUT2D eigenvalue weighted by Crippen LogP contribution is 2.32. The van der Waals surface area contributed by atoms with E-state index in [-0.39, 0.29) is 10.8 Å². The van der Waals surface area contributed by atoms with Crippen LogP contribution in [0.25, 0.3) is 0 Å². The number of aromatic nitrogens is 3. The van der Waals surface area contributed by atoms with Gasteiger partial charge in [-0.05, 0) is 51.0 Å². The Hall–Kier alpha value is -2.78. The summed E-state index contributed by atoms with van der Waals surface area (Å²) in [6, 6.07) is 9.65. The lowest BCUT2D eigenvalue weighted by Gasteiger charge is -2.30. The maximum absolute atomic E-state index is 12.9. The number of nitrogens with one attached hydrogen (secondary N) is 1. The van der Waals surface area contributed by atoms with Gasteiger partial charge in [-0.15, -0.1) is 0 Å². The Balaban J connectivity index is 1.41. The fourth-order valence-corrected chi connectivity index (χ4v) is 5.43. The SMILES string of the molecule is Cc1noc(C)c1S(=O)(=O)N1CCC(c2ccc(Nc3ccccn3)cn2)CC1. The van der Waals surface area contributed by atoms with Crippen LogP contribution in [0.1, 0.15) is 35.9 Å². The summed E-state index contributed by atoms with van der Waals surface area (Å²) in [5.74, 6) is 1.33. The zero-order valence-electron chi connectivity index (χ0n) is 16.4. The Labute approximate surface area is 170 Å². The van der Waals surface area contributed by atoms with Crippen LogP contribution < -0.4 is 5.32 Å². The topological polar surface area (TPSA) is 101 Å². The Kier molecular flexibility index (Phi) is 5.33. The third-order valence-corrected chi connectivity index (χ3v) is 7.31. The second-order valence-corrected chi connectivity index (χ2v) is 9.02. The van der Waals surface area contributed by atoms with Crippen molar-refractivity contribution in [1.29, 1.82) is 0 Å². The van der Waals surface area contributed by atoms with Crippen LogP contribution in [0.4, 0.5) is 11.5 Å². The molecule has 0 bridgehead atoms. The number of piperidine rings is 1. The number of hydrogen-bond acceptors (Lipinski definition) is 7. The Morgan fingerprint density at radius 2 is 1.90 bits per heavy atom. The van der Waals surface area contributed by atoms with Crippen molar-refractivity contribution in [2.24, 2.45) is 0 Å². The van der Waals surface area contributed by atoms with Crippen LogP contribution in [0.3, 0.4) is 0 Å². The van der Waals surface area contributed by atoms with Gasteiger partial charge in [-0.25, -0.2) is 13.4 Å². The summed E-state index contributed by atoms with van der Waals surface area (Å²) in [6.07, 6.45) is 4.97. The second-order valence-electron chi connectivity index (χ2n) is 7.14. The molecule has 0 aromatic carbocycles. The van der Waals surface area contributed by atoms with E-state index >= 15 is 0 Å². The summed E-state index contributed by atoms with van der Waals surface area (Å²) in [5.41, 5.74) is 2.25. The lowest BCUT2D eigenvalue weighted by Crippen LogP contribution is -2.38. The maximum Gasteiger partial charge on any atom is 0.248 e. The Bertz CT molecular complexity index is 1050. The molecule has 0 aliphatic carbocycles. The van der Waals surface area contributed by atoms with Gasteiger partial charge in [0.15, 0.2) is 5.76 Å². The minimum Gasteiger partial charge on any atom is -0.360 e. The van der Waals surface area contributed by atoms with Gasteiger partial charge in [-0.3, -0.25) is 4.98 Å². The van der Waals surface area contributed by atoms with Crippen molar-refractivity contribution in [1.82, 2.24) is 19.4 Å². The van der Waals surface area contributed by atoms with Crippen molar-refractivity contribution >= 4 is 21.5 Å². The smallest absolute Gasteiger partial charge is 0.248 e. The quantitative estimate of drug-likeness (QED) is 0.684. The first kappa shape index (κ1) is 19.5. The van der Waals surface area contributed by atoms with Gasteiger partial charge in [0.25, 0.3) is 0 Å². The number of pyridine rings is 2. The molecule has 1 aliphatic heterocycles. The van der Waals surface area contributed by atoms with Gasteiger partial charge in [0.1, 0.15) is 16.4 Å². The van der Waals surface area contributed by atoms with E-state index in [0.717, 1.165) is 30.0 Å². The zero-order chi connectivity index (χ0) is 20.4. The summed E-state index contributed by atoms with van der Waals surface area (Å²) in [4.78, 5) is 9.01. The normalized spacial score (nSPS) is 16.1. The molecule has 9 heteroatoms. The summed E-state index contributed by atoms with van der Waals surface area (Å²) >= 11 is 0. The van der Waals surface area contributed by atoms with Crippen LogP contribution in [0.2, 0.25) is 0 Å². The first-order valence-corrected chi connectivity index (χ1v) is 11.0. The highest BCUT2D eigenvalue weighted by Gasteiger charge is 2.34. The zero-order valence-corrected chi connectivity index (χ0v) is 17.2. The van der Waals surface area contributed by atoms with Crippen LogP contribution >= 0.6 is 0 Å². The van der Waals surface area contributed by atoms with E-state index in [2.05, 4.69) is 20.4 Å². The summed E-state index contributed by atoms with van der Waals surface area (Å²) in [6.45, 7) is 4.18. The molecule has 152 valence electrons. The third kappa shape index (κ3) is 4.01. The van der Waals surface area contributed by atoms with Crippen molar-refractivity contribution in [2.45, 2.75) is 37.5 Å². The van der Waals surface area contributed by atoms with E-state index in [0.29, 0.717) is 24.5 Å². The predicted molar refractivity (Wildman–Crippen MR) is 108 cm³/mol. The molecule has 0 radical (unpaired) electrons. The highest BCUT2D eigenvalue weighted by molar-refractivity contribution is 7.89. The molecular weight excluding hydrogens is 390 g/mol. The number of nitrogens with zero attached hydrogens (tertiary/aromatic N) is 4. The first-order chi connectivity index (χ1) is 13.9. The van der Waals surface area contributed by atoms with Crippen LogP contribution in [-0.4, -0.2) is 40.9 Å². The number of rotatable bonds is 5. The van der Waals surface area contributed by atoms with Crippen molar-refractivity contribution in [2.75, 3.05) is 18.4 Å². The molecule has 0 spiro atoms. The van der Waals surface area contributed by atoms with Crippen molar-refractivity contribution < 1.29 is 12.9 Å². The van der Waals surface area contributed by atoms with Gasteiger partial charge in [-0.2, -0.15) is 4.31 Å². The number of sulfonamides is 1. The molecule has 1 N–H and O–H groups in total. The molecule has 3 aromatic heterocycles. The molecule has 8 nitrogen and oxygen atoms in total. The second kappa shape index (κ2) is 7.92. The number of aryl methyl sites for hydroxylation is 2. The molecule has 0 atom stereocenters. The van der Waals surface area contributed by atoms with Crippen LogP contribution in [0.5, 0.6) is 0 Å². The molecule has 4 rings (SSSR count). The average molecular weight is 414 g/mol. The monoisotopic (exact) mass is 413 g/mol. The predicted octanol–water partition coefficient (Wildman–Crippen LogP) is 3.39. The average Bonchev–Trinajstić information content (AvgIpc) is 3.08. The van der Waals surface area contributed by atoms with Crippen molar-refractivity contribution in [3.05, 3.63) is 59.9 Å². The molecule has 0 unspecified atom stereocenters. The van der Waals surface area contributed by atoms with Crippen molar-refractivity contribution in [3.8, 4) is 0 Å². The van der Waals surface area contributed by atoms with Gasteiger partial charge in [-0.1, -0.05) is 11.2 Å². The van der Waals surface area contributed by atoms with Crippen molar-refractivity contribution in [3.63, 3.8) is 0 Å². The van der Waals surface area contributed by atoms with Crippen LogP contribution in [0.15, 0.2) is 52.1 Å². The molecule has 0 saturated carbocycles. The molecule has 1 saturated heterocycles. The number of anilines is 2. The van der Waals surface area contributed by atoms with E-state index in [1.807, 2.05) is 30.3 Å². The molecule has 0 amide bonds. The first-order valence-electron chi connectivity index (χ1n) is 9.52. The number of hydrogen-bond donors (Lipinski definition) is 1. The van der Waals surface area contributed by atoms with Gasteiger partial charge in [0.05, 0.1) is 11.9 Å². The lowest BCUT2D eigenvalue weighted by atomic mass is 9.94. The fourth-order valence-electron chi connectivity index (χ4n) is 3.67. The van der Waals surface area contributed by atoms with Gasteiger partial charge < -0.3 is 9.84 Å². The summed E-state index contributed by atoms with van der Waals surface area (Å²) in [5, 5.41) is 6.99. The van der Waals surface area contributed by atoms with Gasteiger partial charge in [0.2, 0.25) is 10.0 Å². The largest absolute Gasteiger partial charge is 0.360 e. The Morgan fingerprint density at radius 3 is 2.48 bits per heavy atom. The molecule has 1 aliphatic rings. The molecule has 29 heavy (non-hydrogen) atoms. The van der Waals surface area contributed by atoms with Crippen LogP contribution in [-0.2, 0) is 10.0 Å². The van der Waals surface area contributed by atoms with Crippen LogP contribution in [0, 0.1) is 13.8 Å². The molecule has 3 aromatic rings. The van der Waals surface area contributed by atoms with E-state index in [1.165, 1.54) is 4.31 Å². The fraction of sp³-hybridized carbons (Fsp3) is 0.350. The van der Waals surface area contributed by atoms with Gasteiger partial charge in [0, 0.05) is 30.9 Å². The maximum atomic E-state index is 12.9. The minimum atomic E-state index is -3.59. The van der Waals surface area contributed by atoms with Gasteiger partial charge >= 0.3 is 0 Å². The summed E-state index contributed by atoms with van der Waals surface area (Å²) < 4.78 is 32.5. The highest BCUT2D eigenvalue weighted by atomic mass is 32.2. The standard InChI is InChI=1S/C20H23N5O3S/c1-14-20(15(2)28-24-14)29(26,27)25-11-8-16(9-12-25)18-7-6-17(13-22-18)23-19-5-3-4-10-21-19/h3-7,10,13,16H,8-9,11-12H2,1-2H3,(H,21,23). The lowest BCUT2D eigenvalue weighted by molar-refractivity contribution is 0.316. The molecule has 4 heterocycles. The Morgan fingerprint density at radius 1 is 1.10 bits per heavy atom. The van der Waals surface area contributed by atoms with E-state index in [9.17, 15) is 8.42 Å². The summed E-state index contributed by atoms with van der Waals surface area (Å²) in [7, 11) is -3.59. The van der Waals surface area contributed by atoms with E-state index in [4.69, 9.17) is 4.52 Å². The van der Waals surface area contributed by atoms with E-state index < -0.39 is 10.0 Å².